The first-order valence-corrected chi connectivity index (χ1v) is 7.17. The van der Waals surface area contributed by atoms with Crippen LogP contribution in [-0.4, -0.2) is 11.7 Å². The lowest BCUT2D eigenvalue weighted by molar-refractivity contribution is 0.285. The molecule has 1 N–H and O–H groups in total. The van der Waals surface area contributed by atoms with Gasteiger partial charge in [-0.1, -0.05) is 57.6 Å². The smallest absolute Gasteiger partial charge is 0.0431 e. The molecule has 0 aliphatic carbocycles. The van der Waals surface area contributed by atoms with Crippen LogP contribution in [0.1, 0.15) is 77.6 Å². The van der Waals surface area contributed by atoms with Crippen molar-refractivity contribution in [1.29, 1.82) is 0 Å². The van der Waals surface area contributed by atoms with Crippen molar-refractivity contribution in [3.63, 3.8) is 0 Å². The first-order chi connectivity index (χ1) is 7.91. The van der Waals surface area contributed by atoms with E-state index in [-0.39, 0.29) is 0 Å². The maximum absolute atomic E-state index is 8.60. The van der Waals surface area contributed by atoms with Crippen LogP contribution < -0.4 is 0 Å². The van der Waals surface area contributed by atoms with Crippen LogP contribution in [0.3, 0.4) is 0 Å². The average Bonchev–Trinajstić information content (AvgIpc) is 2.31. The molecule has 0 rings (SSSR count). The van der Waals surface area contributed by atoms with E-state index in [1.807, 2.05) is 0 Å². The van der Waals surface area contributed by atoms with Crippen molar-refractivity contribution in [1.82, 2.24) is 0 Å². The lowest BCUT2D eigenvalue weighted by Gasteiger charge is -1.98. The predicted octanol–water partition coefficient (Wildman–Crippen LogP) is 4.85. The van der Waals surface area contributed by atoms with Gasteiger partial charge < -0.3 is 5.11 Å². The lowest BCUT2D eigenvalue weighted by atomic mass is 10.1. The van der Waals surface area contributed by atoms with Gasteiger partial charge in [0.2, 0.25) is 0 Å². The summed E-state index contributed by atoms with van der Waals surface area (Å²) in [5.74, 6) is 0. The van der Waals surface area contributed by atoms with Crippen LogP contribution in [0.25, 0.3) is 0 Å². The van der Waals surface area contributed by atoms with E-state index < -0.39 is 0 Å². The zero-order valence-electron chi connectivity index (χ0n) is 11.1. The fourth-order valence-corrected chi connectivity index (χ4v) is 1.83. The van der Waals surface area contributed by atoms with E-state index in [4.69, 9.17) is 5.11 Å². The summed E-state index contributed by atoms with van der Waals surface area (Å²) in [7, 11) is 0. The molecule has 0 aliphatic heterocycles. The molecule has 0 fully saturated rings. The van der Waals surface area contributed by atoms with E-state index in [1.54, 1.807) is 0 Å². The summed E-state index contributed by atoms with van der Waals surface area (Å²) >= 11 is 0. The Bertz CT molecular complexity index is 140. The van der Waals surface area contributed by atoms with Crippen LogP contribution in [0, 0.1) is 0 Å². The van der Waals surface area contributed by atoms with Crippen molar-refractivity contribution in [2.45, 2.75) is 77.6 Å². The zero-order chi connectivity index (χ0) is 11.9. The second kappa shape index (κ2) is 14.7. The zero-order valence-corrected chi connectivity index (χ0v) is 11.1. The van der Waals surface area contributed by atoms with E-state index in [2.05, 4.69) is 19.1 Å². The molecule has 0 heterocycles. The Morgan fingerprint density at radius 3 is 1.75 bits per heavy atom. The van der Waals surface area contributed by atoms with Crippen molar-refractivity contribution in [3.05, 3.63) is 12.2 Å². The first kappa shape index (κ1) is 15.7. The summed E-state index contributed by atoms with van der Waals surface area (Å²) < 4.78 is 0. The number of aliphatic hydroxyl groups excluding tert-OH is 1. The van der Waals surface area contributed by atoms with Gasteiger partial charge in [0.1, 0.15) is 0 Å². The molecule has 0 unspecified atom stereocenters. The SMILES string of the molecule is CCCCCCCCC/C=C/CCCCO. The second-order valence-electron chi connectivity index (χ2n) is 4.60. The summed E-state index contributed by atoms with van der Waals surface area (Å²) in [5.41, 5.74) is 0. The Balaban J connectivity index is 2.97. The highest BCUT2D eigenvalue weighted by Gasteiger charge is 1.89. The monoisotopic (exact) mass is 226 g/mol. The third kappa shape index (κ3) is 13.7. The number of hydrogen-bond acceptors (Lipinski definition) is 1. The van der Waals surface area contributed by atoms with Crippen molar-refractivity contribution in [3.8, 4) is 0 Å². The number of rotatable bonds is 12. The Kier molecular flexibility index (Phi) is 14.4. The van der Waals surface area contributed by atoms with Gasteiger partial charge in [-0.05, 0) is 32.1 Å². The fourth-order valence-electron chi connectivity index (χ4n) is 1.83. The van der Waals surface area contributed by atoms with Gasteiger partial charge in [0.25, 0.3) is 0 Å². The summed E-state index contributed by atoms with van der Waals surface area (Å²) in [5, 5.41) is 8.60. The lowest BCUT2D eigenvalue weighted by Crippen LogP contribution is -1.81. The van der Waals surface area contributed by atoms with Crippen molar-refractivity contribution in [2.24, 2.45) is 0 Å². The Hall–Kier alpha value is -0.300. The topological polar surface area (TPSA) is 20.2 Å². The van der Waals surface area contributed by atoms with Crippen LogP contribution in [-0.2, 0) is 0 Å². The van der Waals surface area contributed by atoms with Crippen molar-refractivity contribution < 1.29 is 5.11 Å². The van der Waals surface area contributed by atoms with Crippen LogP contribution in [0.5, 0.6) is 0 Å². The minimum absolute atomic E-state index is 0.339. The number of unbranched alkanes of at least 4 members (excludes halogenated alkanes) is 9. The summed E-state index contributed by atoms with van der Waals surface area (Å²) in [6.45, 7) is 2.60. The van der Waals surface area contributed by atoms with Gasteiger partial charge in [-0.2, -0.15) is 0 Å². The average molecular weight is 226 g/mol. The molecule has 1 nitrogen and oxygen atoms in total. The normalized spacial score (nSPS) is 11.4. The third-order valence-electron chi connectivity index (χ3n) is 2.92. The van der Waals surface area contributed by atoms with Crippen molar-refractivity contribution in [2.75, 3.05) is 6.61 Å². The van der Waals surface area contributed by atoms with Gasteiger partial charge in [0.05, 0.1) is 0 Å². The Morgan fingerprint density at radius 1 is 0.688 bits per heavy atom. The quantitative estimate of drug-likeness (QED) is 0.373. The van der Waals surface area contributed by atoms with E-state index in [9.17, 15) is 0 Å². The maximum Gasteiger partial charge on any atom is 0.0431 e. The molecule has 1 heteroatoms. The molecule has 0 aromatic rings. The molecular formula is C15H30O. The van der Waals surface area contributed by atoms with Gasteiger partial charge >= 0.3 is 0 Å². The molecule has 0 spiro atoms. The van der Waals surface area contributed by atoms with Crippen LogP contribution >= 0.6 is 0 Å². The molecule has 0 saturated heterocycles. The number of aliphatic hydroxyl groups is 1. The molecule has 0 aromatic heterocycles. The summed E-state index contributed by atoms with van der Waals surface area (Å²) in [4.78, 5) is 0. The van der Waals surface area contributed by atoms with Crippen LogP contribution in [0.15, 0.2) is 12.2 Å². The minimum atomic E-state index is 0.339. The Labute approximate surface area is 102 Å². The molecule has 0 aromatic carbocycles. The molecule has 0 aliphatic rings. The number of hydrogen-bond donors (Lipinski definition) is 1. The van der Waals surface area contributed by atoms with E-state index in [0.29, 0.717) is 6.61 Å². The minimum Gasteiger partial charge on any atom is -0.396 e. The van der Waals surface area contributed by atoms with Gasteiger partial charge in [-0.15, -0.1) is 0 Å². The van der Waals surface area contributed by atoms with Crippen LogP contribution in [0.4, 0.5) is 0 Å². The van der Waals surface area contributed by atoms with E-state index >= 15 is 0 Å². The predicted molar refractivity (Wildman–Crippen MR) is 72.7 cm³/mol. The molecule has 96 valence electrons. The largest absolute Gasteiger partial charge is 0.396 e. The molecule has 16 heavy (non-hydrogen) atoms. The molecule has 0 radical (unpaired) electrons. The van der Waals surface area contributed by atoms with E-state index in [1.165, 1.54) is 51.4 Å². The third-order valence-corrected chi connectivity index (χ3v) is 2.92. The fraction of sp³-hybridized carbons (Fsp3) is 0.867. The molecular weight excluding hydrogens is 196 g/mol. The van der Waals surface area contributed by atoms with Gasteiger partial charge in [-0.3, -0.25) is 0 Å². The highest BCUT2D eigenvalue weighted by Crippen LogP contribution is 2.08. The molecule has 0 bridgehead atoms. The molecule has 0 atom stereocenters. The van der Waals surface area contributed by atoms with Crippen molar-refractivity contribution >= 4 is 0 Å². The summed E-state index contributed by atoms with van der Waals surface area (Å²) in [6.07, 6.45) is 18.8. The first-order valence-electron chi connectivity index (χ1n) is 7.17. The maximum atomic E-state index is 8.60. The van der Waals surface area contributed by atoms with Gasteiger partial charge in [0.15, 0.2) is 0 Å². The number of allylic oxidation sites excluding steroid dienone is 2. The highest BCUT2D eigenvalue weighted by molar-refractivity contribution is 4.81. The van der Waals surface area contributed by atoms with Crippen LogP contribution in [0.2, 0.25) is 0 Å². The molecule has 0 saturated carbocycles. The highest BCUT2D eigenvalue weighted by atomic mass is 16.2. The van der Waals surface area contributed by atoms with Gasteiger partial charge in [-0.25, -0.2) is 0 Å². The second-order valence-corrected chi connectivity index (χ2v) is 4.60. The van der Waals surface area contributed by atoms with E-state index in [0.717, 1.165) is 19.3 Å². The standard InChI is InChI=1S/C15H30O/c1-2-3-4-5-6-7-8-9-10-11-12-13-14-15-16/h10-11,16H,2-9,12-15H2,1H3/b11-10+. The molecule has 0 amide bonds. The van der Waals surface area contributed by atoms with Gasteiger partial charge in [0, 0.05) is 6.61 Å². The summed E-state index contributed by atoms with van der Waals surface area (Å²) in [6, 6.07) is 0. The Morgan fingerprint density at radius 2 is 1.19 bits per heavy atom.